The highest BCUT2D eigenvalue weighted by Gasteiger charge is 2.25. The van der Waals surface area contributed by atoms with Crippen LogP contribution in [0.5, 0.6) is 0 Å². The molecule has 2 aliphatic heterocycles. The Morgan fingerprint density at radius 2 is 1.73 bits per heavy atom. The Morgan fingerprint density at radius 1 is 1.04 bits per heavy atom. The van der Waals surface area contributed by atoms with Crippen LogP contribution in [0.3, 0.4) is 0 Å². The zero-order chi connectivity index (χ0) is 18.4. The molecule has 0 unspecified atom stereocenters. The van der Waals surface area contributed by atoms with E-state index in [0.717, 1.165) is 25.9 Å². The zero-order valence-corrected chi connectivity index (χ0v) is 15.3. The molecular formula is C18H27N5O3. The van der Waals surface area contributed by atoms with Crippen LogP contribution >= 0.6 is 0 Å². The number of furan rings is 1. The van der Waals surface area contributed by atoms with E-state index >= 15 is 0 Å². The van der Waals surface area contributed by atoms with E-state index in [1.54, 1.807) is 24.1 Å². The molecule has 142 valence electrons. The van der Waals surface area contributed by atoms with Gasteiger partial charge < -0.3 is 24.4 Å². The third-order valence-corrected chi connectivity index (χ3v) is 4.92. The number of carbonyl (C=O) groups is 2. The van der Waals surface area contributed by atoms with Crippen LogP contribution in [0.25, 0.3) is 0 Å². The van der Waals surface area contributed by atoms with Gasteiger partial charge in [0, 0.05) is 46.3 Å². The van der Waals surface area contributed by atoms with Crippen LogP contribution in [0.2, 0.25) is 0 Å². The highest BCUT2D eigenvalue weighted by molar-refractivity contribution is 5.92. The van der Waals surface area contributed by atoms with E-state index in [1.165, 1.54) is 12.7 Å². The number of guanidine groups is 1. The molecule has 26 heavy (non-hydrogen) atoms. The average molecular weight is 361 g/mol. The van der Waals surface area contributed by atoms with E-state index in [1.807, 2.05) is 4.90 Å². The van der Waals surface area contributed by atoms with Gasteiger partial charge in [-0.25, -0.2) is 0 Å². The number of nitrogens with one attached hydrogen (secondary N) is 1. The average Bonchev–Trinajstić information content (AvgIpc) is 3.24. The lowest BCUT2D eigenvalue weighted by atomic mass is 10.1. The lowest BCUT2D eigenvalue weighted by Gasteiger charge is -2.36. The molecule has 0 aliphatic carbocycles. The van der Waals surface area contributed by atoms with Gasteiger partial charge in [-0.15, -0.1) is 0 Å². The maximum atomic E-state index is 12.3. The molecule has 2 aliphatic rings. The first-order valence-corrected chi connectivity index (χ1v) is 9.25. The van der Waals surface area contributed by atoms with Gasteiger partial charge in [-0.3, -0.25) is 14.6 Å². The summed E-state index contributed by atoms with van der Waals surface area (Å²) in [6.07, 6.45) is 4.90. The van der Waals surface area contributed by atoms with Crippen molar-refractivity contribution >= 4 is 17.8 Å². The Hall–Kier alpha value is -2.51. The van der Waals surface area contributed by atoms with E-state index in [-0.39, 0.29) is 18.4 Å². The van der Waals surface area contributed by atoms with Crippen LogP contribution in [0.1, 0.15) is 29.8 Å². The van der Waals surface area contributed by atoms with Crippen molar-refractivity contribution in [3.8, 4) is 0 Å². The SMILES string of the molecule is CN=C(NCC(=O)N1CCCCC1)N1CCN(C(=O)c2ccco2)CC1. The predicted molar refractivity (Wildman–Crippen MR) is 98.0 cm³/mol. The Balaban J connectivity index is 1.46. The minimum Gasteiger partial charge on any atom is -0.459 e. The quantitative estimate of drug-likeness (QED) is 0.631. The van der Waals surface area contributed by atoms with Crippen molar-refractivity contribution in [1.82, 2.24) is 20.0 Å². The fourth-order valence-corrected chi connectivity index (χ4v) is 3.42. The molecule has 8 heteroatoms. The molecule has 2 saturated heterocycles. The summed E-state index contributed by atoms with van der Waals surface area (Å²) in [4.78, 5) is 34.7. The second kappa shape index (κ2) is 8.73. The zero-order valence-electron chi connectivity index (χ0n) is 15.3. The third kappa shape index (κ3) is 4.36. The Bertz CT molecular complexity index is 629. The van der Waals surface area contributed by atoms with E-state index in [4.69, 9.17) is 4.42 Å². The van der Waals surface area contributed by atoms with Crippen molar-refractivity contribution in [2.45, 2.75) is 19.3 Å². The standard InChI is InChI=1S/C18H27N5O3/c1-19-18(20-14-16(24)21-7-3-2-4-8-21)23-11-9-22(10-12-23)17(25)15-6-5-13-26-15/h5-6,13H,2-4,7-12,14H2,1H3,(H,19,20). The summed E-state index contributed by atoms with van der Waals surface area (Å²) in [6, 6.07) is 3.40. The van der Waals surface area contributed by atoms with Crippen LogP contribution in [0.15, 0.2) is 27.8 Å². The van der Waals surface area contributed by atoms with E-state index in [0.29, 0.717) is 37.9 Å². The summed E-state index contributed by atoms with van der Waals surface area (Å²) >= 11 is 0. The van der Waals surface area contributed by atoms with Gasteiger partial charge in [-0.05, 0) is 31.4 Å². The summed E-state index contributed by atoms with van der Waals surface area (Å²) < 4.78 is 5.18. The number of nitrogens with zero attached hydrogens (tertiary/aromatic N) is 4. The summed E-state index contributed by atoms with van der Waals surface area (Å²) in [5, 5.41) is 3.17. The topological polar surface area (TPSA) is 81.4 Å². The molecule has 1 N–H and O–H groups in total. The number of amides is 2. The van der Waals surface area contributed by atoms with E-state index in [2.05, 4.69) is 15.2 Å². The van der Waals surface area contributed by atoms with Gasteiger partial charge in [-0.1, -0.05) is 0 Å². The highest BCUT2D eigenvalue weighted by Crippen LogP contribution is 2.10. The molecule has 8 nitrogen and oxygen atoms in total. The lowest BCUT2D eigenvalue weighted by molar-refractivity contribution is -0.130. The second-order valence-corrected chi connectivity index (χ2v) is 6.60. The van der Waals surface area contributed by atoms with Gasteiger partial charge in [0.2, 0.25) is 5.91 Å². The molecule has 2 amide bonds. The van der Waals surface area contributed by atoms with Crippen LogP contribution in [-0.4, -0.2) is 85.3 Å². The van der Waals surface area contributed by atoms with Crippen molar-refractivity contribution in [3.63, 3.8) is 0 Å². The second-order valence-electron chi connectivity index (χ2n) is 6.60. The molecule has 0 atom stereocenters. The van der Waals surface area contributed by atoms with Crippen molar-refractivity contribution in [2.24, 2.45) is 4.99 Å². The molecule has 0 bridgehead atoms. The maximum absolute atomic E-state index is 12.3. The first kappa shape index (κ1) is 18.3. The molecule has 3 rings (SSSR count). The molecule has 1 aromatic heterocycles. The minimum atomic E-state index is -0.0853. The number of hydrogen-bond acceptors (Lipinski definition) is 4. The monoisotopic (exact) mass is 361 g/mol. The Morgan fingerprint density at radius 3 is 2.35 bits per heavy atom. The number of aliphatic imine (C=N–C) groups is 1. The minimum absolute atomic E-state index is 0.0853. The maximum Gasteiger partial charge on any atom is 0.289 e. The summed E-state index contributed by atoms with van der Waals surface area (Å²) in [5.74, 6) is 1.11. The van der Waals surface area contributed by atoms with Gasteiger partial charge >= 0.3 is 0 Å². The first-order chi connectivity index (χ1) is 12.7. The summed E-state index contributed by atoms with van der Waals surface area (Å²) in [5.41, 5.74) is 0. The first-order valence-electron chi connectivity index (χ1n) is 9.25. The number of piperidine rings is 1. The number of carbonyl (C=O) groups excluding carboxylic acids is 2. The third-order valence-electron chi connectivity index (χ3n) is 4.92. The summed E-state index contributed by atoms with van der Waals surface area (Å²) in [6.45, 7) is 4.51. The van der Waals surface area contributed by atoms with E-state index < -0.39 is 0 Å². The molecule has 2 fully saturated rings. The van der Waals surface area contributed by atoms with Gasteiger partial charge in [0.15, 0.2) is 11.7 Å². The number of piperazine rings is 1. The molecule has 0 radical (unpaired) electrons. The van der Waals surface area contributed by atoms with Crippen molar-refractivity contribution in [3.05, 3.63) is 24.2 Å². The van der Waals surface area contributed by atoms with Crippen LogP contribution in [0.4, 0.5) is 0 Å². The fourth-order valence-electron chi connectivity index (χ4n) is 3.42. The molecule has 0 saturated carbocycles. The van der Waals surface area contributed by atoms with E-state index in [9.17, 15) is 9.59 Å². The van der Waals surface area contributed by atoms with Crippen molar-refractivity contribution in [1.29, 1.82) is 0 Å². The van der Waals surface area contributed by atoms with Crippen LogP contribution in [0, 0.1) is 0 Å². The smallest absolute Gasteiger partial charge is 0.289 e. The molecular weight excluding hydrogens is 334 g/mol. The van der Waals surface area contributed by atoms with Gasteiger partial charge in [0.1, 0.15) is 0 Å². The number of rotatable bonds is 3. The van der Waals surface area contributed by atoms with Gasteiger partial charge in [0.25, 0.3) is 5.91 Å². The van der Waals surface area contributed by atoms with Crippen molar-refractivity contribution in [2.75, 3.05) is 52.9 Å². The van der Waals surface area contributed by atoms with Gasteiger partial charge in [0.05, 0.1) is 12.8 Å². The molecule has 0 spiro atoms. The van der Waals surface area contributed by atoms with Gasteiger partial charge in [-0.2, -0.15) is 0 Å². The lowest BCUT2D eigenvalue weighted by Crippen LogP contribution is -2.55. The predicted octanol–water partition coefficient (Wildman–Crippen LogP) is 0.625. The van der Waals surface area contributed by atoms with Crippen LogP contribution in [-0.2, 0) is 4.79 Å². The fraction of sp³-hybridized carbons (Fsp3) is 0.611. The number of hydrogen-bond donors (Lipinski definition) is 1. The number of likely N-dealkylation sites (tertiary alicyclic amines) is 1. The molecule has 1 aromatic rings. The normalized spacial score (nSPS) is 18.8. The summed E-state index contributed by atoms with van der Waals surface area (Å²) in [7, 11) is 1.72. The van der Waals surface area contributed by atoms with Crippen LogP contribution < -0.4 is 5.32 Å². The largest absolute Gasteiger partial charge is 0.459 e. The highest BCUT2D eigenvalue weighted by atomic mass is 16.3. The Kier molecular flexibility index (Phi) is 6.14. The Labute approximate surface area is 153 Å². The van der Waals surface area contributed by atoms with Crippen molar-refractivity contribution < 1.29 is 14.0 Å². The molecule has 3 heterocycles. The molecule has 0 aromatic carbocycles.